The van der Waals surface area contributed by atoms with Crippen LogP contribution < -0.4 is 0 Å². The Bertz CT molecular complexity index is 629. The fourth-order valence-corrected chi connectivity index (χ4v) is 2.48. The first-order valence-electron chi connectivity index (χ1n) is 6.88. The normalized spacial score (nSPS) is 20.9. The van der Waals surface area contributed by atoms with Gasteiger partial charge in [0.15, 0.2) is 0 Å². The van der Waals surface area contributed by atoms with Crippen molar-refractivity contribution in [2.75, 3.05) is 7.05 Å². The smallest absolute Gasteiger partial charge is 0.272 e. The van der Waals surface area contributed by atoms with Crippen molar-refractivity contribution in [3.05, 3.63) is 41.6 Å². The molecule has 2 heterocycles. The lowest BCUT2D eigenvalue weighted by Crippen LogP contribution is -2.27. The third-order valence-corrected chi connectivity index (χ3v) is 3.94. The van der Waals surface area contributed by atoms with Crippen LogP contribution in [0.1, 0.15) is 41.3 Å². The Hall–Kier alpha value is -2.04. The molecule has 0 saturated heterocycles. The van der Waals surface area contributed by atoms with Crippen molar-refractivity contribution >= 4 is 5.91 Å². The standard InChI is InChI=1S/C15H19N3O2/c1-10-8-12(10)14-5-4-11(20-14)9-17(2)15(19)13-6-7-16-18(13)3/h4-7,10,12H,8-9H2,1-3H3. The molecule has 0 aromatic carbocycles. The molecule has 20 heavy (non-hydrogen) atoms. The van der Waals surface area contributed by atoms with Gasteiger partial charge in [0.25, 0.3) is 5.91 Å². The molecule has 2 unspecified atom stereocenters. The van der Waals surface area contributed by atoms with Gasteiger partial charge in [-0.15, -0.1) is 0 Å². The largest absolute Gasteiger partial charge is 0.464 e. The lowest BCUT2D eigenvalue weighted by molar-refractivity contribution is 0.0764. The summed E-state index contributed by atoms with van der Waals surface area (Å²) in [6.45, 7) is 2.70. The third kappa shape index (κ3) is 2.35. The minimum Gasteiger partial charge on any atom is -0.464 e. The highest BCUT2D eigenvalue weighted by Gasteiger charge is 2.36. The summed E-state index contributed by atoms with van der Waals surface area (Å²) in [5.41, 5.74) is 0.579. The number of aryl methyl sites for hydroxylation is 1. The van der Waals surface area contributed by atoms with E-state index in [1.165, 1.54) is 6.42 Å². The van der Waals surface area contributed by atoms with Crippen LogP contribution in [-0.2, 0) is 13.6 Å². The molecular weight excluding hydrogens is 254 g/mol. The molecule has 1 aliphatic rings. The van der Waals surface area contributed by atoms with Gasteiger partial charge in [-0.25, -0.2) is 0 Å². The molecule has 2 aromatic rings. The van der Waals surface area contributed by atoms with Crippen LogP contribution in [0.5, 0.6) is 0 Å². The van der Waals surface area contributed by atoms with Gasteiger partial charge in [-0.05, 0) is 30.5 Å². The SMILES string of the molecule is CC1CC1c1ccc(CN(C)C(=O)c2ccnn2C)o1. The molecule has 0 bridgehead atoms. The molecule has 5 nitrogen and oxygen atoms in total. The molecule has 2 aromatic heterocycles. The van der Waals surface area contributed by atoms with Crippen molar-refractivity contribution in [2.24, 2.45) is 13.0 Å². The Labute approximate surface area is 118 Å². The summed E-state index contributed by atoms with van der Waals surface area (Å²) < 4.78 is 7.41. The summed E-state index contributed by atoms with van der Waals surface area (Å²) in [6.07, 6.45) is 2.83. The molecule has 1 amide bonds. The lowest BCUT2D eigenvalue weighted by atomic mass is 10.3. The number of nitrogens with zero attached hydrogens (tertiary/aromatic N) is 3. The van der Waals surface area contributed by atoms with Gasteiger partial charge in [0.2, 0.25) is 0 Å². The average molecular weight is 273 g/mol. The molecule has 0 aliphatic heterocycles. The van der Waals surface area contributed by atoms with Crippen molar-refractivity contribution in [1.29, 1.82) is 0 Å². The molecule has 0 radical (unpaired) electrons. The van der Waals surface area contributed by atoms with Crippen LogP contribution in [0.2, 0.25) is 0 Å². The molecule has 1 aliphatic carbocycles. The zero-order chi connectivity index (χ0) is 14.3. The van der Waals surface area contributed by atoms with Crippen LogP contribution in [0.15, 0.2) is 28.8 Å². The molecule has 106 valence electrons. The van der Waals surface area contributed by atoms with Gasteiger partial charge in [0.1, 0.15) is 17.2 Å². The zero-order valence-corrected chi connectivity index (χ0v) is 12.0. The quantitative estimate of drug-likeness (QED) is 0.859. The number of aromatic nitrogens is 2. The summed E-state index contributed by atoms with van der Waals surface area (Å²) >= 11 is 0. The molecule has 0 spiro atoms. The maximum Gasteiger partial charge on any atom is 0.272 e. The molecule has 0 N–H and O–H groups in total. The molecule has 1 fully saturated rings. The Balaban J connectivity index is 1.66. The van der Waals surface area contributed by atoms with Crippen LogP contribution in [0.3, 0.4) is 0 Å². The Morgan fingerprint density at radius 1 is 1.50 bits per heavy atom. The van der Waals surface area contributed by atoms with Gasteiger partial charge in [-0.2, -0.15) is 5.10 Å². The van der Waals surface area contributed by atoms with Crippen LogP contribution in [0, 0.1) is 5.92 Å². The number of hydrogen-bond acceptors (Lipinski definition) is 3. The molecule has 5 heteroatoms. The second-order valence-electron chi connectivity index (χ2n) is 5.62. The molecule has 2 atom stereocenters. The number of rotatable bonds is 4. The van der Waals surface area contributed by atoms with E-state index in [2.05, 4.69) is 12.0 Å². The van der Waals surface area contributed by atoms with Gasteiger partial charge in [0, 0.05) is 26.2 Å². The average Bonchev–Trinajstić information content (AvgIpc) is 2.81. The summed E-state index contributed by atoms with van der Waals surface area (Å²) in [7, 11) is 3.54. The van der Waals surface area contributed by atoms with Crippen molar-refractivity contribution in [1.82, 2.24) is 14.7 Å². The Morgan fingerprint density at radius 3 is 2.85 bits per heavy atom. The van der Waals surface area contributed by atoms with E-state index >= 15 is 0 Å². The highest BCUT2D eigenvalue weighted by molar-refractivity contribution is 5.92. The summed E-state index contributed by atoms with van der Waals surface area (Å²) in [5.74, 6) is 3.12. The number of carbonyl (C=O) groups excluding carboxylic acids is 1. The van der Waals surface area contributed by atoms with E-state index in [0.717, 1.165) is 17.4 Å². The fraction of sp³-hybridized carbons (Fsp3) is 0.467. The second-order valence-corrected chi connectivity index (χ2v) is 5.62. The Kier molecular flexibility index (Phi) is 3.12. The second kappa shape index (κ2) is 4.81. The van der Waals surface area contributed by atoms with Crippen molar-refractivity contribution in [2.45, 2.75) is 25.8 Å². The van der Waals surface area contributed by atoms with Gasteiger partial charge < -0.3 is 9.32 Å². The van der Waals surface area contributed by atoms with E-state index in [-0.39, 0.29) is 5.91 Å². The number of amides is 1. The third-order valence-electron chi connectivity index (χ3n) is 3.94. The van der Waals surface area contributed by atoms with Crippen LogP contribution in [-0.4, -0.2) is 27.6 Å². The van der Waals surface area contributed by atoms with Gasteiger partial charge in [-0.1, -0.05) is 6.92 Å². The van der Waals surface area contributed by atoms with Gasteiger partial charge >= 0.3 is 0 Å². The topological polar surface area (TPSA) is 51.3 Å². The molecule has 1 saturated carbocycles. The minimum absolute atomic E-state index is 0.0530. The van der Waals surface area contributed by atoms with Crippen molar-refractivity contribution in [3.63, 3.8) is 0 Å². The monoisotopic (exact) mass is 273 g/mol. The highest BCUT2D eigenvalue weighted by Crippen LogP contribution is 2.47. The number of hydrogen-bond donors (Lipinski definition) is 0. The maximum atomic E-state index is 12.3. The molecular formula is C15H19N3O2. The number of carbonyl (C=O) groups is 1. The summed E-state index contributed by atoms with van der Waals surface area (Å²) in [4.78, 5) is 13.9. The van der Waals surface area contributed by atoms with E-state index in [1.54, 1.807) is 35.9 Å². The lowest BCUT2D eigenvalue weighted by Gasteiger charge is -2.15. The van der Waals surface area contributed by atoms with E-state index in [1.807, 2.05) is 12.1 Å². The van der Waals surface area contributed by atoms with E-state index in [4.69, 9.17) is 4.42 Å². The first-order valence-corrected chi connectivity index (χ1v) is 6.88. The maximum absolute atomic E-state index is 12.3. The predicted octanol–water partition coefficient (Wildman–Crippen LogP) is 2.41. The van der Waals surface area contributed by atoms with E-state index in [9.17, 15) is 4.79 Å². The van der Waals surface area contributed by atoms with Gasteiger partial charge in [-0.3, -0.25) is 9.48 Å². The predicted molar refractivity (Wildman–Crippen MR) is 74.2 cm³/mol. The minimum atomic E-state index is -0.0530. The van der Waals surface area contributed by atoms with Crippen molar-refractivity contribution in [3.8, 4) is 0 Å². The zero-order valence-electron chi connectivity index (χ0n) is 12.0. The highest BCUT2D eigenvalue weighted by atomic mass is 16.3. The van der Waals surface area contributed by atoms with Crippen molar-refractivity contribution < 1.29 is 9.21 Å². The summed E-state index contributed by atoms with van der Waals surface area (Å²) in [5, 5.41) is 4.02. The van der Waals surface area contributed by atoms with Gasteiger partial charge in [0.05, 0.1) is 6.54 Å². The first-order chi connectivity index (χ1) is 9.56. The van der Waals surface area contributed by atoms with Crippen LogP contribution in [0.25, 0.3) is 0 Å². The fourth-order valence-electron chi connectivity index (χ4n) is 2.48. The van der Waals surface area contributed by atoms with E-state index < -0.39 is 0 Å². The Morgan fingerprint density at radius 2 is 2.25 bits per heavy atom. The van der Waals surface area contributed by atoms with E-state index in [0.29, 0.717) is 18.2 Å². The summed E-state index contributed by atoms with van der Waals surface area (Å²) in [6, 6.07) is 5.72. The van der Waals surface area contributed by atoms with Crippen LogP contribution >= 0.6 is 0 Å². The first kappa shape index (κ1) is 13.0. The molecule has 3 rings (SSSR count). The van der Waals surface area contributed by atoms with Crippen LogP contribution in [0.4, 0.5) is 0 Å². The number of furan rings is 1.